The van der Waals surface area contributed by atoms with Gasteiger partial charge >= 0.3 is 0 Å². The van der Waals surface area contributed by atoms with Crippen LogP contribution in [0.1, 0.15) is 5.82 Å². The molecule has 0 amide bonds. The predicted octanol–water partition coefficient (Wildman–Crippen LogP) is 3.41. The Morgan fingerprint density at radius 1 is 1.12 bits per heavy atom. The Morgan fingerprint density at radius 3 is 2.47 bits per heavy atom. The zero-order chi connectivity index (χ0) is 12.0. The van der Waals surface area contributed by atoms with Crippen LogP contribution in [0.4, 0.5) is 0 Å². The van der Waals surface area contributed by atoms with E-state index in [2.05, 4.69) is 62.1 Å². The molecule has 3 rings (SSSR count). The van der Waals surface area contributed by atoms with Crippen LogP contribution in [0.5, 0.6) is 0 Å². The molecule has 0 saturated carbocycles. The molecular weight excluding hydrogens is 278 g/mol. The molecule has 0 aliphatic rings. The van der Waals surface area contributed by atoms with Crippen LogP contribution in [0.25, 0.3) is 16.8 Å². The van der Waals surface area contributed by atoms with E-state index in [9.17, 15) is 0 Å². The minimum Gasteiger partial charge on any atom is -0.316 e. The van der Waals surface area contributed by atoms with Crippen molar-refractivity contribution in [3.8, 4) is 11.1 Å². The molecule has 0 saturated heterocycles. The molecule has 3 aromatic rings. The van der Waals surface area contributed by atoms with Crippen LogP contribution in [0.15, 0.2) is 41.0 Å². The first-order valence-corrected chi connectivity index (χ1v) is 6.22. The molecule has 0 atom stereocenters. The second kappa shape index (κ2) is 3.74. The van der Waals surface area contributed by atoms with Gasteiger partial charge in [-0.3, -0.25) is 0 Å². The lowest BCUT2D eigenvalue weighted by molar-refractivity contribution is 0.872. The first-order chi connectivity index (χ1) is 8.15. The smallest absolute Gasteiger partial charge is 0.135 e. The van der Waals surface area contributed by atoms with Gasteiger partial charge in [0.1, 0.15) is 11.5 Å². The highest BCUT2D eigenvalue weighted by Crippen LogP contribution is 2.24. The van der Waals surface area contributed by atoms with Crippen molar-refractivity contribution < 1.29 is 0 Å². The van der Waals surface area contributed by atoms with Crippen molar-refractivity contribution in [1.29, 1.82) is 0 Å². The molecule has 17 heavy (non-hydrogen) atoms. The van der Waals surface area contributed by atoms with E-state index in [1.807, 2.05) is 18.5 Å². The second-order valence-electron chi connectivity index (χ2n) is 4.14. The summed E-state index contributed by atoms with van der Waals surface area (Å²) in [6, 6.07) is 10.5. The third kappa shape index (κ3) is 1.69. The minimum atomic E-state index is 1.02. The number of hydrogen-bond acceptors (Lipinski definition) is 1. The van der Waals surface area contributed by atoms with Crippen LogP contribution in [-0.2, 0) is 7.05 Å². The third-order valence-electron chi connectivity index (χ3n) is 3.04. The lowest BCUT2D eigenvalue weighted by Gasteiger charge is -1.97. The highest BCUT2D eigenvalue weighted by molar-refractivity contribution is 9.10. The van der Waals surface area contributed by atoms with Crippen molar-refractivity contribution in [2.75, 3.05) is 0 Å². The van der Waals surface area contributed by atoms with E-state index in [1.165, 1.54) is 11.1 Å². The quantitative estimate of drug-likeness (QED) is 0.673. The van der Waals surface area contributed by atoms with Gasteiger partial charge in [0.15, 0.2) is 0 Å². The summed E-state index contributed by atoms with van der Waals surface area (Å²) >= 11 is 3.44. The van der Waals surface area contributed by atoms with Crippen molar-refractivity contribution >= 4 is 21.6 Å². The van der Waals surface area contributed by atoms with E-state index in [0.717, 1.165) is 15.9 Å². The first kappa shape index (κ1) is 10.6. The molecule has 3 nitrogen and oxygen atoms in total. The van der Waals surface area contributed by atoms with E-state index in [1.54, 1.807) is 0 Å². The number of aromatic nitrogens is 3. The lowest BCUT2D eigenvalue weighted by atomic mass is 10.1. The van der Waals surface area contributed by atoms with Crippen molar-refractivity contribution in [3.05, 3.63) is 46.8 Å². The summed E-state index contributed by atoms with van der Waals surface area (Å²) in [6.45, 7) is 2.01. The van der Waals surface area contributed by atoms with E-state index in [4.69, 9.17) is 0 Å². The third-order valence-corrected chi connectivity index (χ3v) is 3.57. The maximum absolute atomic E-state index is 4.45. The number of aryl methyl sites for hydroxylation is 2. The summed E-state index contributed by atoms with van der Waals surface area (Å²) in [5, 5.41) is 4.45. The number of rotatable bonds is 1. The second-order valence-corrected chi connectivity index (χ2v) is 5.06. The standard InChI is InChI=1S/C13H12BrN3/c1-9-15-17-8-11(7-13(17)16(9)2)10-3-5-12(14)6-4-10/h3-8H,1-2H3. The van der Waals surface area contributed by atoms with Crippen molar-refractivity contribution in [2.24, 2.45) is 7.05 Å². The zero-order valence-electron chi connectivity index (χ0n) is 9.68. The Hall–Kier alpha value is -1.55. The Balaban J connectivity index is 2.15. The Morgan fingerprint density at radius 2 is 1.82 bits per heavy atom. The molecule has 0 radical (unpaired) electrons. The number of halogens is 1. The number of fused-ring (bicyclic) bond motifs is 1. The fraction of sp³-hybridized carbons (Fsp3) is 0.154. The van der Waals surface area contributed by atoms with Gasteiger partial charge in [-0.25, -0.2) is 4.52 Å². The highest BCUT2D eigenvalue weighted by Gasteiger charge is 2.07. The van der Waals surface area contributed by atoms with Gasteiger partial charge in [-0.15, -0.1) is 0 Å². The van der Waals surface area contributed by atoms with E-state index < -0.39 is 0 Å². The summed E-state index contributed by atoms with van der Waals surface area (Å²) < 4.78 is 5.11. The normalized spacial score (nSPS) is 11.2. The molecule has 0 unspecified atom stereocenters. The summed E-state index contributed by atoms with van der Waals surface area (Å²) in [5.74, 6) is 1.02. The summed E-state index contributed by atoms with van der Waals surface area (Å²) in [5.41, 5.74) is 3.51. The SMILES string of the molecule is Cc1nn2cc(-c3ccc(Br)cc3)cc2n1C. The molecule has 0 N–H and O–H groups in total. The molecule has 1 aromatic carbocycles. The minimum absolute atomic E-state index is 1.02. The molecule has 0 aliphatic carbocycles. The Bertz CT molecular complexity index is 677. The van der Waals surface area contributed by atoms with Crippen LogP contribution < -0.4 is 0 Å². The highest BCUT2D eigenvalue weighted by atomic mass is 79.9. The molecule has 4 heteroatoms. The monoisotopic (exact) mass is 289 g/mol. The average molecular weight is 290 g/mol. The van der Waals surface area contributed by atoms with Gasteiger partial charge in [-0.05, 0) is 30.7 Å². The van der Waals surface area contributed by atoms with E-state index in [-0.39, 0.29) is 0 Å². The van der Waals surface area contributed by atoms with Crippen LogP contribution >= 0.6 is 15.9 Å². The molecule has 0 fully saturated rings. The van der Waals surface area contributed by atoms with Gasteiger partial charge < -0.3 is 4.57 Å². The molecule has 0 bridgehead atoms. The fourth-order valence-electron chi connectivity index (χ4n) is 1.96. The Labute approximate surface area is 108 Å². The van der Waals surface area contributed by atoms with Crippen LogP contribution in [0.2, 0.25) is 0 Å². The van der Waals surface area contributed by atoms with Gasteiger partial charge in [0.2, 0.25) is 0 Å². The predicted molar refractivity (Wildman–Crippen MR) is 72.0 cm³/mol. The molecule has 2 heterocycles. The van der Waals surface area contributed by atoms with Crippen LogP contribution in [0, 0.1) is 6.92 Å². The first-order valence-electron chi connectivity index (χ1n) is 5.43. The van der Waals surface area contributed by atoms with E-state index in [0.29, 0.717) is 0 Å². The largest absolute Gasteiger partial charge is 0.316 e. The van der Waals surface area contributed by atoms with Gasteiger partial charge in [0, 0.05) is 23.3 Å². The van der Waals surface area contributed by atoms with Crippen molar-refractivity contribution in [3.63, 3.8) is 0 Å². The van der Waals surface area contributed by atoms with Gasteiger partial charge in [-0.1, -0.05) is 28.1 Å². The van der Waals surface area contributed by atoms with Crippen LogP contribution in [0.3, 0.4) is 0 Å². The van der Waals surface area contributed by atoms with Gasteiger partial charge in [0.25, 0.3) is 0 Å². The summed E-state index contributed by atoms with van der Waals surface area (Å²) in [7, 11) is 2.03. The topological polar surface area (TPSA) is 22.2 Å². The molecule has 86 valence electrons. The summed E-state index contributed by atoms with van der Waals surface area (Å²) in [6.07, 6.45) is 2.06. The molecule has 0 aliphatic heterocycles. The van der Waals surface area contributed by atoms with Crippen molar-refractivity contribution in [1.82, 2.24) is 14.2 Å². The maximum atomic E-state index is 4.45. The molecule has 0 spiro atoms. The van der Waals surface area contributed by atoms with E-state index >= 15 is 0 Å². The summed E-state index contributed by atoms with van der Waals surface area (Å²) in [4.78, 5) is 0. The molecule has 2 aromatic heterocycles. The lowest BCUT2D eigenvalue weighted by Crippen LogP contribution is -1.89. The fourth-order valence-corrected chi connectivity index (χ4v) is 2.22. The van der Waals surface area contributed by atoms with Gasteiger partial charge in [-0.2, -0.15) is 5.10 Å². The maximum Gasteiger partial charge on any atom is 0.135 e. The van der Waals surface area contributed by atoms with Crippen LogP contribution in [-0.4, -0.2) is 14.2 Å². The van der Waals surface area contributed by atoms with Crippen molar-refractivity contribution in [2.45, 2.75) is 6.92 Å². The number of nitrogens with zero attached hydrogens (tertiary/aromatic N) is 3. The zero-order valence-corrected chi connectivity index (χ0v) is 11.3. The molecular formula is C13H12BrN3. The average Bonchev–Trinajstić information content (AvgIpc) is 2.82. The van der Waals surface area contributed by atoms with Gasteiger partial charge in [0.05, 0.1) is 0 Å². The number of benzene rings is 1. The number of hydrogen-bond donors (Lipinski definition) is 0. The Kier molecular flexibility index (Phi) is 2.33.